The van der Waals surface area contributed by atoms with Gasteiger partial charge in [0.1, 0.15) is 0 Å². The van der Waals surface area contributed by atoms with Crippen molar-refractivity contribution in [3.63, 3.8) is 0 Å². The molecule has 0 bridgehead atoms. The molecule has 678 valence electrons. The molecule has 3 aromatic heterocycles. The minimum absolute atomic E-state index is 0.141. The average molecular weight is 1870 g/mol. The fraction of sp³-hybridized carbons (Fsp3) is 0.0465. The summed E-state index contributed by atoms with van der Waals surface area (Å²) in [6.45, 7) is 9.32. The molecule has 0 N–H and O–H groups in total. The van der Waals surface area contributed by atoms with E-state index in [1.165, 1.54) is 76.0 Å². The van der Waals surface area contributed by atoms with E-state index in [0.29, 0.717) is 0 Å². The van der Waals surface area contributed by atoms with Gasteiger partial charge in [-0.25, -0.2) is 15.0 Å². The number of fused-ring (bicyclic) bond motifs is 12. The van der Waals surface area contributed by atoms with Gasteiger partial charge in [-0.1, -0.05) is 330 Å². The smallest absolute Gasteiger partial charge is 0.151 e. The summed E-state index contributed by atoms with van der Waals surface area (Å²) in [4.78, 5) is 34.9. The van der Waals surface area contributed by atoms with Gasteiger partial charge in [0, 0.05) is 97.9 Å². The van der Waals surface area contributed by atoms with E-state index >= 15 is 0 Å². The van der Waals surface area contributed by atoms with Crippen LogP contribution in [0.4, 0.5) is 102 Å². The molecule has 0 fully saturated rings. The number of hydrogen-bond donors (Lipinski definition) is 0. The lowest BCUT2D eigenvalue weighted by atomic mass is 9.73. The number of para-hydroxylation sites is 16. The Morgan fingerprint density at radius 1 is 0.169 bits per heavy atom. The summed E-state index contributed by atoms with van der Waals surface area (Å²) in [7, 11) is 0. The summed E-state index contributed by atoms with van der Waals surface area (Å²) in [5.74, 6) is 3.29. The largest absolute Gasteiger partial charge is 0.453 e. The Hall–Kier alpha value is -17.5. The van der Waals surface area contributed by atoms with Gasteiger partial charge in [-0.05, 0) is 235 Å². The molecular weight excluding hydrogens is 1770 g/mol. The molecule has 6 aliphatic rings. The van der Waals surface area contributed by atoms with Crippen molar-refractivity contribution in [2.24, 2.45) is 0 Å². The Kier molecular flexibility index (Phi) is 21.9. The molecule has 0 saturated carbocycles. The van der Waals surface area contributed by atoms with Crippen LogP contribution in [0, 0.1) is 0 Å². The first-order valence-electron chi connectivity index (χ1n) is 48.1. The summed E-state index contributed by atoms with van der Waals surface area (Å²) < 4.78 is 12.8. The van der Waals surface area contributed by atoms with Crippen LogP contribution in [0.15, 0.2) is 511 Å². The van der Waals surface area contributed by atoms with Crippen LogP contribution < -0.4 is 38.9 Å². The minimum Gasteiger partial charge on any atom is -0.453 e. The first-order valence-corrected chi connectivity index (χ1v) is 49.7. The maximum absolute atomic E-state index is 6.41. The Morgan fingerprint density at radius 3 is 0.599 bits per heavy atom. The van der Waals surface area contributed by atoms with Crippen LogP contribution in [0.25, 0.3) is 67.5 Å². The van der Waals surface area contributed by atoms with E-state index in [1.807, 2.05) is 90.3 Å². The van der Waals surface area contributed by atoms with Crippen molar-refractivity contribution < 1.29 is 9.47 Å². The summed E-state index contributed by atoms with van der Waals surface area (Å²) >= 11 is 3.64. The predicted octanol–water partition coefficient (Wildman–Crippen LogP) is 36.5. The molecule has 27 rings (SSSR count). The van der Waals surface area contributed by atoms with Crippen LogP contribution in [-0.2, 0) is 10.8 Å². The second-order valence-corrected chi connectivity index (χ2v) is 39.2. The molecule has 0 saturated heterocycles. The number of aromatic nitrogens is 3. The Morgan fingerprint density at radius 2 is 0.352 bits per heavy atom. The highest BCUT2D eigenvalue weighted by molar-refractivity contribution is 8.00. The number of benzene rings is 18. The number of nitrogens with zero attached hydrogens (tertiary/aromatic N) is 9. The van der Waals surface area contributed by atoms with Crippen molar-refractivity contribution in [1.82, 2.24) is 15.0 Å². The molecule has 0 amide bonds. The van der Waals surface area contributed by atoms with Crippen LogP contribution in [0.2, 0.25) is 0 Å². The number of hydrogen-bond acceptors (Lipinski definition) is 13. The summed E-state index contributed by atoms with van der Waals surface area (Å²) in [5, 5.41) is 0. The zero-order chi connectivity index (χ0) is 94.9. The molecule has 11 nitrogen and oxygen atoms in total. The van der Waals surface area contributed by atoms with Crippen LogP contribution in [0.5, 0.6) is 23.0 Å². The van der Waals surface area contributed by atoms with E-state index in [0.717, 1.165) is 159 Å². The molecule has 142 heavy (non-hydrogen) atoms. The predicted molar refractivity (Wildman–Crippen MR) is 586 cm³/mol. The van der Waals surface area contributed by atoms with Gasteiger partial charge in [-0.2, -0.15) is 0 Å². The van der Waals surface area contributed by atoms with Gasteiger partial charge < -0.3 is 38.9 Å². The molecule has 0 atom stereocenters. The van der Waals surface area contributed by atoms with E-state index in [9.17, 15) is 0 Å². The number of rotatable bonds is 12. The lowest BCUT2D eigenvalue weighted by molar-refractivity contribution is 0.477. The highest BCUT2D eigenvalue weighted by Gasteiger charge is 2.41. The summed E-state index contributed by atoms with van der Waals surface area (Å²) in [6, 6.07) is 174. The molecule has 13 heteroatoms. The molecule has 18 aromatic carbocycles. The summed E-state index contributed by atoms with van der Waals surface area (Å²) in [6.07, 6.45) is 0. The van der Waals surface area contributed by atoms with Crippen LogP contribution in [0.3, 0.4) is 0 Å². The van der Waals surface area contributed by atoms with E-state index in [-0.39, 0.29) is 10.8 Å². The highest BCUT2D eigenvalue weighted by Crippen LogP contribution is 2.61. The van der Waals surface area contributed by atoms with Gasteiger partial charge in [0.15, 0.2) is 23.0 Å². The molecule has 0 radical (unpaired) electrons. The third-order valence-corrected chi connectivity index (χ3v) is 29.9. The third kappa shape index (κ3) is 15.6. The molecule has 21 aromatic rings. The maximum Gasteiger partial charge on any atom is 0.151 e. The SMILES string of the molecule is CC1(C)c2ccccc2N(c2cc(-c3cccc(-c4ccccc4)n3)cc(N3c4ccccc4Oc4ccccc43)c2)c2ccccc21.CC1(C)c2ccccc2N(c2cc(-c3cccc(-c4ccccc4)n3)cc(N3c4ccccc4Sc4ccccc43)c2)c2ccccc21.c1ccc(-c2cccc(-c3cc(N4c5ccccc5Oc5ccccc54)cc(N4c5ccccc5Sc5ccccc54)c3)n2)cc1. The van der Waals surface area contributed by atoms with Crippen LogP contribution >= 0.6 is 23.5 Å². The fourth-order valence-electron chi connectivity index (χ4n) is 20.9. The Labute approximate surface area is 835 Å². The first-order chi connectivity index (χ1) is 69.9. The second-order valence-electron chi connectivity index (χ2n) is 37.0. The molecule has 0 spiro atoms. The van der Waals surface area contributed by atoms with Gasteiger partial charge in [0.2, 0.25) is 0 Å². The molecule has 0 unspecified atom stereocenters. The van der Waals surface area contributed by atoms with Gasteiger partial charge in [0.25, 0.3) is 0 Å². The van der Waals surface area contributed by atoms with Gasteiger partial charge in [-0.3, -0.25) is 0 Å². The normalized spacial score (nSPS) is 13.6. The van der Waals surface area contributed by atoms with Gasteiger partial charge >= 0.3 is 0 Å². The lowest BCUT2D eigenvalue weighted by Gasteiger charge is -2.42. The minimum atomic E-state index is -0.155. The van der Waals surface area contributed by atoms with Gasteiger partial charge in [-0.15, -0.1) is 0 Å². The lowest BCUT2D eigenvalue weighted by Crippen LogP contribution is -2.30. The maximum atomic E-state index is 6.41. The number of pyridine rings is 3. The van der Waals surface area contributed by atoms with Crippen LogP contribution in [-0.4, -0.2) is 15.0 Å². The first kappa shape index (κ1) is 86.1. The van der Waals surface area contributed by atoms with Crippen molar-refractivity contribution in [2.45, 2.75) is 58.1 Å². The summed E-state index contributed by atoms with van der Waals surface area (Å²) in [5.41, 5.74) is 36.7. The standard InChI is InChI=1S/C44H33N3O.C44H33N3S.C41H27N3OS/c2*1-44(2)34-17-6-8-21-38(34)46(39-22-9-7-18-35(39)44)32-27-31(37-20-14-19-36(45-37)30-15-4-3-5-16-30)28-33(29-32)47-40-23-10-12-25-42(40)48-43-26-13-11-24-41(43)47;1-2-13-28(14-3-1)32-15-12-16-33(42-32)29-25-30(43-34-17-4-8-21-38(34)45-39-22-9-5-18-35(39)43)27-31(26-29)44-36-19-6-10-23-40(36)46-41-24-11-7-20-37(41)44/h2*3-29H,1-2H3;1-27H. The Balaban J connectivity index is 0.000000112. The fourth-order valence-corrected chi connectivity index (χ4v) is 23.0. The van der Waals surface area contributed by atoms with Crippen molar-refractivity contribution in [3.8, 4) is 90.5 Å². The zero-order valence-corrected chi connectivity index (χ0v) is 80.1. The van der Waals surface area contributed by atoms with Gasteiger partial charge in [0.05, 0.1) is 102 Å². The van der Waals surface area contributed by atoms with E-state index in [4.69, 9.17) is 24.4 Å². The van der Waals surface area contributed by atoms with E-state index in [2.05, 4.69) is 482 Å². The monoisotopic (exact) mass is 1860 g/mol. The third-order valence-electron chi connectivity index (χ3n) is 27.6. The molecular formula is C129H93N9O2S2. The number of ether oxygens (including phenoxy) is 2. The number of anilines is 18. The van der Waals surface area contributed by atoms with Crippen molar-refractivity contribution in [3.05, 3.63) is 514 Å². The second kappa shape index (κ2) is 36.1. The molecule has 6 aliphatic heterocycles. The highest BCUT2D eigenvalue weighted by atomic mass is 32.2. The van der Waals surface area contributed by atoms with Crippen molar-refractivity contribution in [1.29, 1.82) is 0 Å². The van der Waals surface area contributed by atoms with E-state index < -0.39 is 0 Å². The van der Waals surface area contributed by atoms with Crippen LogP contribution in [0.1, 0.15) is 49.9 Å². The van der Waals surface area contributed by atoms with Crippen molar-refractivity contribution >= 4 is 126 Å². The van der Waals surface area contributed by atoms with E-state index in [1.54, 1.807) is 0 Å². The zero-order valence-electron chi connectivity index (χ0n) is 78.4. The quantitative estimate of drug-likeness (QED) is 0.117. The molecule has 9 heterocycles. The topological polar surface area (TPSA) is 76.6 Å². The Bertz CT molecular complexity index is 7740. The average Bonchev–Trinajstić information content (AvgIpc) is 0.725. The van der Waals surface area contributed by atoms with Crippen molar-refractivity contribution in [2.75, 3.05) is 29.4 Å². The molecule has 0 aliphatic carbocycles.